The van der Waals surface area contributed by atoms with Crippen LogP contribution in [0, 0.1) is 11.3 Å². The van der Waals surface area contributed by atoms with E-state index in [0.717, 1.165) is 29.5 Å². The molecule has 0 spiro atoms. The third-order valence-corrected chi connectivity index (χ3v) is 9.60. The number of amides is 1. The highest BCUT2D eigenvalue weighted by molar-refractivity contribution is 6.19. The van der Waals surface area contributed by atoms with Crippen LogP contribution in [-0.2, 0) is 15.0 Å². The second-order valence-electron chi connectivity index (χ2n) is 11.0. The third-order valence-electron chi connectivity index (χ3n) is 9.60. The number of aliphatic carboxylic acids is 1. The number of methoxy groups -OCH3 is 1. The fourth-order valence-corrected chi connectivity index (χ4v) is 7.98. The standard InChI is InChI=1S/C32H29NO6/c1-19(21-7-4-6-10-25(21)37-2)29(34)33-16-28-31(20-11-12-26-27(15-20)39-18-38-26)14-13-24(32(28,17-33)30(35)36)22-8-3-5-9-23(22)31/h3-12,15,24,28H,1,13-14,16-18H2,2H3,(H,35,36). The minimum Gasteiger partial charge on any atom is -0.496 e. The van der Waals surface area contributed by atoms with Crippen LogP contribution >= 0.6 is 0 Å². The SMILES string of the molecule is C=C(C(=O)N1CC2C3(c4ccc5c(c4)OCO5)CCC(c4ccccc43)C2(C(=O)O)C1)c1ccccc1OC. The van der Waals surface area contributed by atoms with Gasteiger partial charge in [-0.3, -0.25) is 9.59 Å². The van der Waals surface area contributed by atoms with Crippen LogP contribution in [0.5, 0.6) is 17.2 Å². The molecule has 3 aliphatic carbocycles. The Labute approximate surface area is 226 Å². The molecule has 0 aromatic heterocycles. The molecule has 39 heavy (non-hydrogen) atoms. The van der Waals surface area contributed by atoms with Crippen molar-refractivity contribution in [3.8, 4) is 17.2 Å². The van der Waals surface area contributed by atoms with Crippen molar-refractivity contribution in [2.24, 2.45) is 11.3 Å². The number of hydrogen-bond donors (Lipinski definition) is 1. The molecule has 1 amide bonds. The van der Waals surface area contributed by atoms with E-state index in [1.807, 2.05) is 48.5 Å². The predicted octanol–water partition coefficient (Wildman–Crippen LogP) is 4.84. The van der Waals surface area contributed by atoms with Crippen molar-refractivity contribution in [3.05, 3.63) is 95.6 Å². The maximum Gasteiger partial charge on any atom is 0.312 e. The van der Waals surface area contributed by atoms with Crippen molar-refractivity contribution >= 4 is 17.4 Å². The molecule has 7 nitrogen and oxygen atoms in total. The number of carbonyl (C=O) groups excluding carboxylic acids is 1. The number of ether oxygens (including phenoxy) is 3. The molecule has 2 aliphatic heterocycles. The number of carboxylic acids is 1. The molecule has 2 bridgehead atoms. The summed E-state index contributed by atoms with van der Waals surface area (Å²) in [5, 5.41) is 11.0. The third kappa shape index (κ3) is 3.04. The zero-order valence-electron chi connectivity index (χ0n) is 21.7. The van der Waals surface area contributed by atoms with Crippen LogP contribution in [0.4, 0.5) is 0 Å². The predicted molar refractivity (Wildman–Crippen MR) is 144 cm³/mol. The summed E-state index contributed by atoms with van der Waals surface area (Å²) in [5.41, 5.74) is 2.42. The highest BCUT2D eigenvalue weighted by Crippen LogP contribution is 2.69. The van der Waals surface area contributed by atoms with Crippen LogP contribution < -0.4 is 14.2 Å². The molecule has 5 aliphatic rings. The average molecular weight is 524 g/mol. The largest absolute Gasteiger partial charge is 0.496 e. The molecule has 4 unspecified atom stereocenters. The molecule has 0 radical (unpaired) electrons. The lowest BCUT2D eigenvalue weighted by Gasteiger charge is -2.59. The molecule has 1 N–H and O–H groups in total. The highest BCUT2D eigenvalue weighted by atomic mass is 16.7. The van der Waals surface area contributed by atoms with Gasteiger partial charge >= 0.3 is 5.97 Å². The van der Waals surface area contributed by atoms with E-state index in [1.54, 1.807) is 18.1 Å². The van der Waals surface area contributed by atoms with E-state index in [0.29, 0.717) is 34.9 Å². The number of hydrogen-bond acceptors (Lipinski definition) is 5. The second kappa shape index (κ2) is 8.37. The number of benzene rings is 3. The number of likely N-dealkylation sites (tertiary alicyclic amines) is 1. The molecule has 3 aromatic rings. The lowest BCUT2D eigenvalue weighted by Crippen LogP contribution is -2.60. The Morgan fingerprint density at radius 1 is 1.05 bits per heavy atom. The first-order valence-electron chi connectivity index (χ1n) is 13.3. The van der Waals surface area contributed by atoms with Gasteiger partial charge in [-0.2, -0.15) is 0 Å². The molecule has 3 aromatic carbocycles. The Hall–Kier alpha value is -4.26. The van der Waals surface area contributed by atoms with Gasteiger partial charge in [0.15, 0.2) is 11.5 Å². The van der Waals surface area contributed by atoms with Gasteiger partial charge in [-0.15, -0.1) is 0 Å². The summed E-state index contributed by atoms with van der Waals surface area (Å²) in [6, 6.07) is 21.5. The van der Waals surface area contributed by atoms with E-state index in [9.17, 15) is 14.7 Å². The van der Waals surface area contributed by atoms with Crippen LogP contribution in [0.2, 0.25) is 0 Å². The van der Waals surface area contributed by atoms with E-state index < -0.39 is 16.8 Å². The van der Waals surface area contributed by atoms with Crippen molar-refractivity contribution in [2.45, 2.75) is 24.2 Å². The van der Waals surface area contributed by atoms with E-state index in [-0.39, 0.29) is 31.1 Å². The van der Waals surface area contributed by atoms with Gasteiger partial charge in [-0.1, -0.05) is 55.1 Å². The Bertz CT molecular complexity index is 1550. The molecule has 8 rings (SSSR count). The molecule has 4 atom stereocenters. The highest BCUT2D eigenvalue weighted by Gasteiger charge is 2.71. The maximum absolute atomic E-state index is 14.0. The lowest BCUT2D eigenvalue weighted by atomic mass is 9.42. The van der Waals surface area contributed by atoms with Gasteiger partial charge < -0.3 is 24.2 Å². The topological polar surface area (TPSA) is 85.3 Å². The van der Waals surface area contributed by atoms with Gasteiger partial charge in [0.05, 0.1) is 12.5 Å². The van der Waals surface area contributed by atoms with Crippen LogP contribution in [0.15, 0.2) is 73.3 Å². The summed E-state index contributed by atoms with van der Waals surface area (Å²) in [4.78, 5) is 29.1. The first-order chi connectivity index (χ1) is 18.9. The minimum absolute atomic E-state index is 0.130. The molecular weight excluding hydrogens is 494 g/mol. The van der Waals surface area contributed by atoms with Crippen molar-refractivity contribution in [1.82, 2.24) is 4.90 Å². The summed E-state index contributed by atoms with van der Waals surface area (Å²) in [6.45, 7) is 4.74. The van der Waals surface area contributed by atoms with Crippen LogP contribution in [0.25, 0.3) is 5.57 Å². The van der Waals surface area contributed by atoms with Crippen molar-refractivity contribution in [2.75, 3.05) is 27.0 Å². The first-order valence-corrected chi connectivity index (χ1v) is 13.3. The fourth-order valence-electron chi connectivity index (χ4n) is 7.98. The molecule has 2 fully saturated rings. The Morgan fingerprint density at radius 3 is 2.64 bits per heavy atom. The summed E-state index contributed by atoms with van der Waals surface area (Å²) < 4.78 is 16.8. The number of carboxylic acid groups (broad SMARTS) is 1. The minimum atomic E-state index is -1.13. The molecule has 2 heterocycles. The van der Waals surface area contributed by atoms with Crippen molar-refractivity contribution in [3.63, 3.8) is 0 Å². The Morgan fingerprint density at radius 2 is 1.82 bits per heavy atom. The monoisotopic (exact) mass is 523 g/mol. The lowest BCUT2D eigenvalue weighted by molar-refractivity contribution is -0.157. The zero-order chi connectivity index (χ0) is 26.9. The van der Waals surface area contributed by atoms with E-state index >= 15 is 0 Å². The Balaban J connectivity index is 1.37. The molecule has 198 valence electrons. The van der Waals surface area contributed by atoms with E-state index in [4.69, 9.17) is 14.2 Å². The zero-order valence-corrected chi connectivity index (χ0v) is 21.7. The number of fused-ring (bicyclic) bond motifs is 2. The number of para-hydroxylation sites is 1. The van der Waals surface area contributed by atoms with Crippen molar-refractivity contribution in [1.29, 1.82) is 0 Å². The average Bonchev–Trinajstić information content (AvgIpc) is 3.63. The smallest absolute Gasteiger partial charge is 0.312 e. The van der Waals surface area contributed by atoms with Gasteiger partial charge in [0.25, 0.3) is 5.91 Å². The molecule has 7 heteroatoms. The van der Waals surface area contributed by atoms with Gasteiger partial charge in [-0.05, 0) is 47.7 Å². The molecule has 1 saturated carbocycles. The number of rotatable bonds is 5. The van der Waals surface area contributed by atoms with Crippen LogP contribution in [0.1, 0.15) is 41.0 Å². The fraction of sp³-hybridized carbons (Fsp3) is 0.312. The Kier molecular flexibility index (Phi) is 5.11. The second-order valence-corrected chi connectivity index (χ2v) is 11.0. The first kappa shape index (κ1) is 23.8. The molecule has 1 saturated heterocycles. The normalized spacial score (nSPS) is 27.6. The van der Waals surface area contributed by atoms with Gasteiger partial charge in [0.2, 0.25) is 6.79 Å². The van der Waals surface area contributed by atoms with E-state index in [1.165, 1.54) is 0 Å². The van der Waals surface area contributed by atoms with E-state index in [2.05, 4.69) is 18.7 Å². The summed E-state index contributed by atoms with van der Waals surface area (Å²) in [7, 11) is 1.56. The van der Waals surface area contributed by atoms with Crippen LogP contribution in [0.3, 0.4) is 0 Å². The van der Waals surface area contributed by atoms with Crippen molar-refractivity contribution < 1.29 is 28.9 Å². The number of carbonyl (C=O) groups is 2. The quantitative estimate of drug-likeness (QED) is 0.482. The van der Waals surface area contributed by atoms with Gasteiger partial charge in [0.1, 0.15) is 5.75 Å². The molecular formula is C32H29NO6. The summed E-state index contributed by atoms with van der Waals surface area (Å²) in [5.74, 6) is 0.283. The van der Waals surface area contributed by atoms with Crippen LogP contribution in [-0.4, -0.2) is 48.9 Å². The maximum atomic E-state index is 14.0. The summed E-state index contributed by atoms with van der Waals surface area (Å²) >= 11 is 0. The van der Waals surface area contributed by atoms with Gasteiger partial charge in [-0.25, -0.2) is 0 Å². The van der Waals surface area contributed by atoms with Gasteiger partial charge in [0, 0.05) is 41.5 Å². The number of nitrogens with zero attached hydrogens (tertiary/aromatic N) is 1. The summed E-state index contributed by atoms with van der Waals surface area (Å²) in [6.07, 6.45) is 1.52.